The molecule has 9 heteroatoms. The molecule has 0 aromatic heterocycles. The lowest BCUT2D eigenvalue weighted by atomic mass is 9.98. The maximum Gasteiger partial charge on any atom is 0.407 e. The van der Waals surface area contributed by atoms with E-state index in [0.29, 0.717) is 25.3 Å². The summed E-state index contributed by atoms with van der Waals surface area (Å²) in [5, 5.41) is 14.5. The van der Waals surface area contributed by atoms with Crippen molar-refractivity contribution in [3.8, 4) is 11.1 Å². The Labute approximate surface area is 202 Å². The highest BCUT2D eigenvalue weighted by molar-refractivity contribution is 7.99. The average molecular weight is 485 g/mol. The zero-order valence-corrected chi connectivity index (χ0v) is 19.5. The molecule has 2 atom stereocenters. The van der Waals surface area contributed by atoms with Gasteiger partial charge in [0.25, 0.3) is 0 Å². The number of nitrogens with one attached hydrogen (secondary N) is 2. The number of carboxylic acid groups (broad SMARTS) is 1. The van der Waals surface area contributed by atoms with Gasteiger partial charge < -0.3 is 25.2 Å². The van der Waals surface area contributed by atoms with Crippen LogP contribution >= 0.6 is 11.8 Å². The monoisotopic (exact) mass is 484 g/mol. The molecule has 4 rings (SSSR count). The highest BCUT2D eigenvalue weighted by atomic mass is 32.2. The van der Waals surface area contributed by atoms with Crippen molar-refractivity contribution in [2.75, 3.05) is 37.8 Å². The van der Waals surface area contributed by atoms with Crippen molar-refractivity contribution in [3.05, 3.63) is 59.7 Å². The van der Waals surface area contributed by atoms with E-state index >= 15 is 0 Å². The number of rotatable bonds is 10. The van der Waals surface area contributed by atoms with Crippen LogP contribution in [0, 0.1) is 5.92 Å². The molecule has 8 nitrogen and oxygen atoms in total. The lowest BCUT2D eigenvalue weighted by Gasteiger charge is -2.14. The van der Waals surface area contributed by atoms with Gasteiger partial charge >= 0.3 is 12.1 Å². The summed E-state index contributed by atoms with van der Waals surface area (Å²) >= 11 is 1.40. The van der Waals surface area contributed by atoms with E-state index in [1.165, 1.54) is 34.0 Å². The lowest BCUT2D eigenvalue weighted by Crippen LogP contribution is -2.33. The summed E-state index contributed by atoms with van der Waals surface area (Å²) in [4.78, 5) is 35.0. The number of hydrogen-bond acceptors (Lipinski definition) is 6. The fourth-order valence-electron chi connectivity index (χ4n) is 4.34. The van der Waals surface area contributed by atoms with Gasteiger partial charge in [-0.25, -0.2) is 4.79 Å². The van der Waals surface area contributed by atoms with Crippen LogP contribution in [-0.4, -0.2) is 67.0 Å². The van der Waals surface area contributed by atoms with Crippen LogP contribution in [0.5, 0.6) is 0 Å². The lowest BCUT2D eigenvalue weighted by molar-refractivity contribution is -0.141. The second-order valence-corrected chi connectivity index (χ2v) is 9.44. The molecule has 180 valence electrons. The van der Waals surface area contributed by atoms with Crippen LogP contribution in [0.25, 0.3) is 11.1 Å². The molecule has 1 heterocycles. The molecule has 2 aromatic carbocycles. The van der Waals surface area contributed by atoms with Crippen molar-refractivity contribution >= 4 is 29.7 Å². The smallest absolute Gasteiger partial charge is 0.407 e. The summed E-state index contributed by atoms with van der Waals surface area (Å²) in [5.74, 6) is -0.673. The molecule has 0 bridgehead atoms. The second kappa shape index (κ2) is 11.4. The van der Waals surface area contributed by atoms with Gasteiger partial charge in [0, 0.05) is 24.8 Å². The fourth-order valence-corrected chi connectivity index (χ4v) is 5.02. The molecule has 1 aliphatic carbocycles. The van der Waals surface area contributed by atoms with Crippen LogP contribution in [0.4, 0.5) is 4.79 Å². The van der Waals surface area contributed by atoms with E-state index in [0.717, 1.165) is 0 Å². The van der Waals surface area contributed by atoms with Gasteiger partial charge in [-0.2, -0.15) is 11.8 Å². The van der Waals surface area contributed by atoms with E-state index in [2.05, 4.69) is 34.9 Å². The predicted molar refractivity (Wildman–Crippen MR) is 129 cm³/mol. The number of carboxylic acids is 1. The van der Waals surface area contributed by atoms with Crippen LogP contribution in [0.1, 0.15) is 23.5 Å². The first-order valence-electron chi connectivity index (χ1n) is 11.3. The van der Waals surface area contributed by atoms with Crippen molar-refractivity contribution in [2.24, 2.45) is 5.92 Å². The van der Waals surface area contributed by atoms with Crippen LogP contribution in [-0.2, 0) is 19.1 Å². The molecule has 1 saturated heterocycles. The van der Waals surface area contributed by atoms with Crippen molar-refractivity contribution in [2.45, 2.75) is 18.4 Å². The van der Waals surface area contributed by atoms with E-state index in [-0.39, 0.29) is 36.9 Å². The normalized spacial score (nSPS) is 18.7. The maximum absolute atomic E-state index is 12.2. The summed E-state index contributed by atoms with van der Waals surface area (Å²) in [6.45, 7) is 1.15. The van der Waals surface area contributed by atoms with E-state index in [4.69, 9.17) is 14.6 Å². The highest BCUT2D eigenvalue weighted by Crippen LogP contribution is 2.44. The zero-order valence-electron chi connectivity index (χ0n) is 18.7. The standard InChI is InChI=1S/C25H28N2O6S/c28-23(27-12-17-11-16(13-32-17)24(29)30)15-34-10-9-26-25(31)33-14-22-20-7-3-1-5-18(20)19-6-2-4-8-21(19)22/h1-8,16-17,22H,9-15H2,(H,26,31)(H,27,28)(H,29,30)/t16-,17-/m1/s1. The molecule has 34 heavy (non-hydrogen) atoms. The molecule has 1 fully saturated rings. The number of thioether (sulfide) groups is 1. The van der Waals surface area contributed by atoms with Crippen molar-refractivity contribution in [1.82, 2.24) is 10.6 Å². The summed E-state index contributed by atoms with van der Waals surface area (Å²) in [6.07, 6.45) is -0.323. The Kier molecular flexibility index (Phi) is 8.08. The van der Waals surface area contributed by atoms with Gasteiger partial charge in [0.15, 0.2) is 0 Å². The molecule has 2 aliphatic rings. The molecule has 0 radical (unpaired) electrons. The first kappa shape index (κ1) is 24.1. The number of alkyl carbamates (subject to hydrolysis) is 1. The Hall–Kier alpha value is -3.04. The van der Waals surface area contributed by atoms with Gasteiger partial charge in [0.1, 0.15) is 6.61 Å². The van der Waals surface area contributed by atoms with Crippen molar-refractivity contribution in [1.29, 1.82) is 0 Å². The number of carbonyl (C=O) groups is 3. The molecule has 0 saturated carbocycles. The molecule has 2 amide bonds. The van der Waals surface area contributed by atoms with Gasteiger partial charge in [-0.15, -0.1) is 0 Å². The van der Waals surface area contributed by atoms with Gasteiger partial charge in [-0.1, -0.05) is 48.5 Å². The largest absolute Gasteiger partial charge is 0.481 e. The minimum Gasteiger partial charge on any atom is -0.481 e. The number of fused-ring (bicyclic) bond motifs is 3. The van der Waals surface area contributed by atoms with Crippen LogP contribution in [0.3, 0.4) is 0 Å². The number of benzene rings is 2. The van der Waals surface area contributed by atoms with E-state index in [9.17, 15) is 14.4 Å². The zero-order chi connectivity index (χ0) is 23.9. The quantitative estimate of drug-likeness (QED) is 0.444. The number of carbonyl (C=O) groups excluding carboxylic acids is 2. The summed E-state index contributed by atoms with van der Waals surface area (Å²) < 4.78 is 10.9. The molecule has 0 unspecified atom stereocenters. The Morgan fingerprint density at radius 2 is 1.71 bits per heavy atom. The Morgan fingerprint density at radius 1 is 1.03 bits per heavy atom. The minimum absolute atomic E-state index is 0.0193. The number of ether oxygens (including phenoxy) is 2. The molecule has 3 N–H and O–H groups in total. The third kappa shape index (κ3) is 5.90. The van der Waals surface area contributed by atoms with Crippen molar-refractivity contribution < 1.29 is 29.0 Å². The summed E-state index contributed by atoms with van der Waals surface area (Å²) in [5.41, 5.74) is 4.70. The van der Waals surface area contributed by atoms with Gasteiger partial charge in [0.2, 0.25) is 5.91 Å². The first-order valence-corrected chi connectivity index (χ1v) is 12.5. The topological polar surface area (TPSA) is 114 Å². The number of aliphatic carboxylic acids is 1. The number of amides is 2. The molecule has 2 aromatic rings. The third-order valence-electron chi connectivity index (χ3n) is 6.05. The Balaban J connectivity index is 1.10. The van der Waals surface area contributed by atoms with Crippen LogP contribution < -0.4 is 10.6 Å². The van der Waals surface area contributed by atoms with E-state index < -0.39 is 18.0 Å². The van der Waals surface area contributed by atoms with Crippen molar-refractivity contribution in [3.63, 3.8) is 0 Å². The maximum atomic E-state index is 12.2. The average Bonchev–Trinajstić information content (AvgIpc) is 3.44. The van der Waals surface area contributed by atoms with Crippen LogP contribution in [0.2, 0.25) is 0 Å². The first-order chi connectivity index (χ1) is 16.5. The third-order valence-corrected chi connectivity index (χ3v) is 7.01. The van der Waals surface area contributed by atoms with Crippen LogP contribution in [0.15, 0.2) is 48.5 Å². The predicted octanol–water partition coefficient (Wildman–Crippen LogP) is 2.86. The molecule has 0 spiro atoms. The molecular formula is C25H28N2O6S. The number of hydrogen-bond donors (Lipinski definition) is 3. The fraction of sp³-hybridized carbons (Fsp3) is 0.400. The highest BCUT2D eigenvalue weighted by Gasteiger charge is 2.31. The van der Waals surface area contributed by atoms with Gasteiger partial charge in [0.05, 0.1) is 24.4 Å². The Morgan fingerprint density at radius 3 is 2.35 bits per heavy atom. The Bertz CT molecular complexity index is 1000. The SMILES string of the molecule is O=C(CSCCNC(=O)OCC1c2ccccc2-c2ccccc21)NC[C@H]1C[C@@H](C(=O)O)CO1. The van der Waals surface area contributed by atoms with Gasteiger partial charge in [-0.05, 0) is 28.7 Å². The molecular weight excluding hydrogens is 456 g/mol. The summed E-state index contributed by atoms with van der Waals surface area (Å²) in [7, 11) is 0. The second-order valence-electron chi connectivity index (χ2n) is 8.34. The summed E-state index contributed by atoms with van der Waals surface area (Å²) in [6, 6.07) is 16.4. The van der Waals surface area contributed by atoms with E-state index in [1.807, 2.05) is 24.3 Å². The minimum atomic E-state index is -0.867. The van der Waals surface area contributed by atoms with E-state index in [1.54, 1.807) is 0 Å². The molecule has 1 aliphatic heterocycles. The van der Waals surface area contributed by atoms with Gasteiger partial charge in [-0.3, -0.25) is 9.59 Å².